The fourth-order valence-corrected chi connectivity index (χ4v) is 4.20. The second-order valence-electron chi connectivity index (χ2n) is 6.36. The zero-order valence-electron chi connectivity index (χ0n) is 16.0. The minimum Gasteiger partial charge on any atom is -0.451 e. The molecule has 7 nitrogen and oxygen atoms in total. The SMILES string of the molecule is Cc1nc(-c2ccc(Cl)cc2)sc1C(=O)OCC(=O)Nc1ccc(S(C)(=O)=O)cc1. The van der Waals surface area contributed by atoms with Gasteiger partial charge in [-0.2, -0.15) is 0 Å². The van der Waals surface area contributed by atoms with Crippen LogP contribution in [0.15, 0.2) is 53.4 Å². The van der Waals surface area contributed by atoms with Crippen molar-refractivity contribution < 1.29 is 22.7 Å². The lowest BCUT2D eigenvalue weighted by Crippen LogP contribution is -2.20. The van der Waals surface area contributed by atoms with Crippen LogP contribution in [0.2, 0.25) is 5.02 Å². The maximum Gasteiger partial charge on any atom is 0.350 e. The molecule has 0 aliphatic heterocycles. The van der Waals surface area contributed by atoms with Crippen molar-refractivity contribution in [3.8, 4) is 10.6 Å². The Labute approximate surface area is 182 Å². The van der Waals surface area contributed by atoms with Crippen molar-refractivity contribution in [2.75, 3.05) is 18.2 Å². The largest absolute Gasteiger partial charge is 0.451 e. The number of sulfone groups is 1. The van der Waals surface area contributed by atoms with Gasteiger partial charge in [0, 0.05) is 22.5 Å². The van der Waals surface area contributed by atoms with Crippen molar-refractivity contribution in [2.24, 2.45) is 0 Å². The Morgan fingerprint density at radius 1 is 1.10 bits per heavy atom. The summed E-state index contributed by atoms with van der Waals surface area (Å²) in [5.41, 5.74) is 1.72. The van der Waals surface area contributed by atoms with E-state index in [1.54, 1.807) is 31.2 Å². The summed E-state index contributed by atoms with van der Waals surface area (Å²) in [6.07, 6.45) is 1.10. The summed E-state index contributed by atoms with van der Waals surface area (Å²) in [5, 5.41) is 3.79. The van der Waals surface area contributed by atoms with Gasteiger partial charge in [0.1, 0.15) is 9.88 Å². The molecule has 3 rings (SSSR count). The Morgan fingerprint density at radius 2 is 1.73 bits per heavy atom. The zero-order chi connectivity index (χ0) is 21.9. The van der Waals surface area contributed by atoms with Crippen molar-refractivity contribution in [2.45, 2.75) is 11.8 Å². The number of carbonyl (C=O) groups is 2. The highest BCUT2D eigenvalue weighted by molar-refractivity contribution is 7.90. The van der Waals surface area contributed by atoms with Crippen molar-refractivity contribution >= 4 is 50.3 Å². The fourth-order valence-electron chi connectivity index (χ4n) is 2.48. The van der Waals surface area contributed by atoms with Gasteiger partial charge in [0.2, 0.25) is 0 Å². The first-order valence-corrected chi connectivity index (χ1v) is 11.7. The predicted molar refractivity (Wildman–Crippen MR) is 116 cm³/mol. The predicted octanol–water partition coefficient (Wildman–Crippen LogP) is 3.97. The molecule has 1 N–H and O–H groups in total. The molecule has 0 bridgehead atoms. The molecule has 1 amide bonds. The number of esters is 1. The van der Waals surface area contributed by atoms with Gasteiger partial charge in [0.05, 0.1) is 10.6 Å². The Bertz CT molecular complexity index is 1190. The molecule has 156 valence electrons. The summed E-state index contributed by atoms with van der Waals surface area (Å²) >= 11 is 7.06. The number of thiazole rings is 1. The van der Waals surface area contributed by atoms with Crippen molar-refractivity contribution in [1.82, 2.24) is 4.98 Å². The molecule has 3 aromatic rings. The summed E-state index contributed by atoms with van der Waals surface area (Å²) in [4.78, 5) is 29.2. The number of hydrogen-bond donors (Lipinski definition) is 1. The standard InChI is InChI=1S/C20H17ClN2O5S2/c1-12-18(29-19(22-12)13-3-5-14(21)6-4-13)20(25)28-11-17(24)23-15-7-9-16(10-8-15)30(2,26)27/h3-10H,11H2,1-2H3,(H,23,24). The van der Waals surface area contributed by atoms with E-state index in [2.05, 4.69) is 10.3 Å². The third-order valence-electron chi connectivity index (χ3n) is 3.97. The Balaban J connectivity index is 1.60. The first-order valence-electron chi connectivity index (χ1n) is 8.64. The molecule has 0 aliphatic carbocycles. The number of benzene rings is 2. The van der Waals surface area contributed by atoms with Crippen molar-refractivity contribution in [3.63, 3.8) is 0 Å². The first-order chi connectivity index (χ1) is 14.1. The highest BCUT2D eigenvalue weighted by Gasteiger charge is 2.19. The molecule has 0 radical (unpaired) electrons. The van der Waals surface area contributed by atoms with E-state index >= 15 is 0 Å². The lowest BCUT2D eigenvalue weighted by atomic mass is 10.2. The molecular weight excluding hydrogens is 448 g/mol. The Morgan fingerprint density at radius 3 is 2.33 bits per heavy atom. The zero-order valence-corrected chi connectivity index (χ0v) is 18.4. The van der Waals surface area contributed by atoms with E-state index in [1.165, 1.54) is 35.6 Å². The molecule has 0 saturated carbocycles. The Hall–Kier alpha value is -2.75. The molecule has 0 atom stereocenters. The van der Waals surface area contributed by atoms with Crippen LogP contribution < -0.4 is 5.32 Å². The minimum atomic E-state index is -3.32. The van der Waals surface area contributed by atoms with Crippen LogP contribution >= 0.6 is 22.9 Å². The average molecular weight is 465 g/mol. The third-order valence-corrected chi connectivity index (χ3v) is 6.54. The summed E-state index contributed by atoms with van der Waals surface area (Å²) in [6, 6.07) is 12.8. The number of nitrogens with one attached hydrogen (secondary N) is 1. The van der Waals surface area contributed by atoms with Crippen LogP contribution in [0.3, 0.4) is 0 Å². The van der Waals surface area contributed by atoms with Crippen molar-refractivity contribution in [1.29, 1.82) is 0 Å². The van der Waals surface area contributed by atoms with Gasteiger partial charge in [-0.1, -0.05) is 23.7 Å². The maximum atomic E-state index is 12.4. The van der Waals surface area contributed by atoms with Gasteiger partial charge in [-0.25, -0.2) is 18.2 Å². The van der Waals surface area contributed by atoms with Gasteiger partial charge in [0.25, 0.3) is 5.91 Å². The monoisotopic (exact) mass is 464 g/mol. The van der Waals surface area contributed by atoms with Crippen LogP contribution in [0.25, 0.3) is 10.6 Å². The lowest BCUT2D eigenvalue weighted by Gasteiger charge is -2.07. The van der Waals surface area contributed by atoms with Gasteiger partial charge < -0.3 is 10.1 Å². The topological polar surface area (TPSA) is 102 Å². The molecule has 0 fully saturated rings. The van der Waals surface area contributed by atoms with E-state index in [1.807, 2.05) is 0 Å². The summed E-state index contributed by atoms with van der Waals surface area (Å²) < 4.78 is 28.0. The van der Waals surface area contributed by atoms with Gasteiger partial charge in [-0.3, -0.25) is 4.79 Å². The highest BCUT2D eigenvalue weighted by Crippen LogP contribution is 2.29. The average Bonchev–Trinajstić information content (AvgIpc) is 3.08. The maximum absolute atomic E-state index is 12.4. The van der Waals surface area contributed by atoms with E-state index in [9.17, 15) is 18.0 Å². The van der Waals surface area contributed by atoms with Crippen LogP contribution in [0.4, 0.5) is 5.69 Å². The molecule has 10 heteroatoms. The van der Waals surface area contributed by atoms with Crippen LogP contribution in [0, 0.1) is 6.92 Å². The third kappa shape index (κ3) is 5.44. The number of aromatic nitrogens is 1. The number of anilines is 1. The molecule has 1 heterocycles. The molecular formula is C20H17ClN2O5S2. The van der Waals surface area contributed by atoms with Gasteiger partial charge >= 0.3 is 5.97 Å². The molecule has 2 aromatic carbocycles. The molecule has 0 spiro atoms. The number of hydrogen-bond acceptors (Lipinski definition) is 7. The van der Waals surface area contributed by atoms with Gasteiger partial charge in [-0.05, 0) is 43.3 Å². The van der Waals surface area contributed by atoms with Crippen LogP contribution in [0.1, 0.15) is 15.4 Å². The normalized spacial score (nSPS) is 11.2. The number of halogens is 1. The lowest BCUT2D eigenvalue weighted by molar-refractivity contribution is -0.119. The van der Waals surface area contributed by atoms with E-state index < -0.39 is 28.3 Å². The first kappa shape index (κ1) is 21.9. The van der Waals surface area contributed by atoms with Crippen LogP contribution in [0.5, 0.6) is 0 Å². The van der Waals surface area contributed by atoms with E-state index in [0.717, 1.165) is 11.8 Å². The molecule has 0 unspecified atom stereocenters. The quantitative estimate of drug-likeness (QED) is 0.554. The van der Waals surface area contributed by atoms with E-state index in [-0.39, 0.29) is 4.90 Å². The minimum absolute atomic E-state index is 0.143. The molecule has 0 aliphatic rings. The highest BCUT2D eigenvalue weighted by atomic mass is 35.5. The molecule has 1 aromatic heterocycles. The second kappa shape index (κ2) is 8.95. The number of nitrogens with zero attached hydrogens (tertiary/aromatic N) is 1. The Kier molecular flexibility index (Phi) is 6.55. The summed E-state index contributed by atoms with van der Waals surface area (Å²) in [7, 11) is -3.32. The van der Waals surface area contributed by atoms with E-state index in [0.29, 0.717) is 26.3 Å². The number of rotatable bonds is 6. The number of ether oxygens (including phenoxy) is 1. The number of carbonyl (C=O) groups excluding carboxylic acids is 2. The smallest absolute Gasteiger partial charge is 0.350 e. The van der Waals surface area contributed by atoms with Crippen molar-refractivity contribution in [3.05, 3.63) is 64.1 Å². The van der Waals surface area contributed by atoms with Crippen LogP contribution in [-0.4, -0.2) is 38.1 Å². The molecule has 30 heavy (non-hydrogen) atoms. The van der Waals surface area contributed by atoms with Crippen LogP contribution in [-0.2, 0) is 19.4 Å². The van der Waals surface area contributed by atoms with Gasteiger partial charge in [0.15, 0.2) is 16.4 Å². The summed E-state index contributed by atoms with van der Waals surface area (Å²) in [5.74, 6) is -1.19. The summed E-state index contributed by atoms with van der Waals surface area (Å²) in [6.45, 7) is 1.20. The second-order valence-corrected chi connectivity index (χ2v) is 9.81. The van der Waals surface area contributed by atoms with Gasteiger partial charge in [-0.15, -0.1) is 11.3 Å². The van der Waals surface area contributed by atoms with E-state index in [4.69, 9.17) is 16.3 Å². The number of amides is 1. The number of aryl methyl sites for hydroxylation is 1. The fraction of sp³-hybridized carbons (Fsp3) is 0.150. The molecule has 0 saturated heterocycles.